The van der Waals surface area contributed by atoms with Crippen LogP contribution in [0.5, 0.6) is 0 Å². The molecule has 0 radical (unpaired) electrons. The summed E-state index contributed by atoms with van der Waals surface area (Å²) in [6.45, 7) is 2.78. The molecule has 0 spiro atoms. The molecule has 0 bridgehead atoms. The monoisotopic (exact) mass is 334 g/mol. The number of ether oxygens (including phenoxy) is 1. The highest BCUT2D eigenvalue weighted by Gasteiger charge is 2.13. The van der Waals surface area contributed by atoms with Gasteiger partial charge in [0, 0.05) is 39.8 Å². The molecule has 1 unspecified atom stereocenters. The number of benzene rings is 1. The number of carbonyl (C=O) groups excluding carboxylic acids is 2. The van der Waals surface area contributed by atoms with Gasteiger partial charge in [-0.15, -0.1) is 0 Å². The molecule has 1 atom stereocenters. The summed E-state index contributed by atoms with van der Waals surface area (Å²) in [5.74, 6) is 0.0481. The lowest BCUT2D eigenvalue weighted by atomic mass is 10.1. The number of carbonyl (C=O) groups is 2. The summed E-state index contributed by atoms with van der Waals surface area (Å²) < 4.78 is 4.68. The van der Waals surface area contributed by atoms with Crippen molar-refractivity contribution in [1.82, 2.24) is 15.5 Å². The van der Waals surface area contributed by atoms with Crippen LogP contribution >= 0.6 is 0 Å². The SMILES string of the molecule is CN=C(NCc1ccc(C(=O)N(C)C)cc1)NCC(C)C(=O)OC. The lowest BCUT2D eigenvalue weighted by Crippen LogP contribution is -2.40. The minimum Gasteiger partial charge on any atom is -0.469 e. The van der Waals surface area contributed by atoms with Gasteiger partial charge in [0.1, 0.15) is 0 Å². The number of rotatable bonds is 6. The zero-order valence-corrected chi connectivity index (χ0v) is 14.9. The van der Waals surface area contributed by atoms with E-state index in [1.807, 2.05) is 12.1 Å². The van der Waals surface area contributed by atoms with Crippen molar-refractivity contribution in [2.45, 2.75) is 13.5 Å². The molecule has 1 rings (SSSR count). The zero-order valence-electron chi connectivity index (χ0n) is 14.9. The highest BCUT2D eigenvalue weighted by atomic mass is 16.5. The Hall–Kier alpha value is -2.57. The van der Waals surface area contributed by atoms with Gasteiger partial charge in [0.05, 0.1) is 13.0 Å². The molecule has 1 aromatic carbocycles. The third-order valence-electron chi connectivity index (χ3n) is 3.47. The number of hydrogen-bond acceptors (Lipinski definition) is 4. The summed E-state index contributed by atoms with van der Waals surface area (Å²) in [6, 6.07) is 7.39. The van der Waals surface area contributed by atoms with Gasteiger partial charge in [-0.25, -0.2) is 0 Å². The average molecular weight is 334 g/mol. The lowest BCUT2D eigenvalue weighted by Gasteiger charge is -2.15. The standard InChI is InChI=1S/C17H26N4O3/c1-12(16(23)24-5)10-19-17(18-2)20-11-13-6-8-14(9-7-13)15(22)21(3)4/h6-9,12H,10-11H2,1-5H3,(H2,18,19,20). The van der Waals surface area contributed by atoms with Crippen LogP contribution in [0.25, 0.3) is 0 Å². The maximum atomic E-state index is 11.8. The van der Waals surface area contributed by atoms with Crippen molar-refractivity contribution < 1.29 is 14.3 Å². The van der Waals surface area contributed by atoms with Gasteiger partial charge in [0.2, 0.25) is 0 Å². The number of aliphatic imine (C=N–C) groups is 1. The Kier molecular flexibility index (Phi) is 7.74. The quantitative estimate of drug-likeness (QED) is 0.458. The van der Waals surface area contributed by atoms with E-state index in [0.29, 0.717) is 24.6 Å². The van der Waals surface area contributed by atoms with Crippen molar-refractivity contribution in [2.75, 3.05) is 34.8 Å². The van der Waals surface area contributed by atoms with Crippen LogP contribution in [-0.4, -0.2) is 57.5 Å². The normalized spacial score (nSPS) is 12.3. The Morgan fingerprint density at radius 3 is 2.33 bits per heavy atom. The topological polar surface area (TPSA) is 83.0 Å². The van der Waals surface area contributed by atoms with Crippen molar-refractivity contribution in [3.05, 3.63) is 35.4 Å². The van der Waals surface area contributed by atoms with E-state index in [1.165, 1.54) is 7.11 Å². The fraction of sp³-hybridized carbons (Fsp3) is 0.471. The second kappa shape index (κ2) is 9.54. The molecule has 24 heavy (non-hydrogen) atoms. The van der Waals surface area contributed by atoms with Crippen LogP contribution < -0.4 is 10.6 Å². The van der Waals surface area contributed by atoms with Gasteiger partial charge in [0.25, 0.3) is 5.91 Å². The maximum absolute atomic E-state index is 11.8. The van der Waals surface area contributed by atoms with Gasteiger partial charge >= 0.3 is 5.97 Å². The lowest BCUT2D eigenvalue weighted by molar-refractivity contribution is -0.144. The first-order valence-electron chi connectivity index (χ1n) is 7.72. The van der Waals surface area contributed by atoms with Gasteiger partial charge in [-0.1, -0.05) is 19.1 Å². The first kappa shape index (κ1) is 19.5. The van der Waals surface area contributed by atoms with Crippen molar-refractivity contribution in [3.63, 3.8) is 0 Å². The van der Waals surface area contributed by atoms with E-state index in [9.17, 15) is 9.59 Å². The highest BCUT2D eigenvalue weighted by molar-refractivity contribution is 5.93. The molecule has 0 saturated carbocycles. The summed E-state index contributed by atoms with van der Waals surface area (Å²) in [7, 11) is 6.49. The van der Waals surface area contributed by atoms with E-state index in [1.54, 1.807) is 45.1 Å². The van der Waals surface area contributed by atoms with Crippen molar-refractivity contribution >= 4 is 17.8 Å². The van der Waals surface area contributed by atoms with Crippen LogP contribution in [0.2, 0.25) is 0 Å². The van der Waals surface area contributed by atoms with Crippen LogP contribution in [0.3, 0.4) is 0 Å². The molecule has 7 nitrogen and oxygen atoms in total. The molecule has 0 aliphatic carbocycles. The number of methoxy groups -OCH3 is 1. The van der Waals surface area contributed by atoms with Gasteiger partial charge < -0.3 is 20.3 Å². The van der Waals surface area contributed by atoms with E-state index in [-0.39, 0.29) is 17.8 Å². The number of nitrogens with one attached hydrogen (secondary N) is 2. The van der Waals surface area contributed by atoms with E-state index in [2.05, 4.69) is 20.4 Å². The van der Waals surface area contributed by atoms with Crippen LogP contribution in [0.15, 0.2) is 29.3 Å². The van der Waals surface area contributed by atoms with Gasteiger partial charge in [0.15, 0.2) is 5.96 Å². The summed E-state index contributed by atoms with van der Waals surface area (Å²) in [6.07, 6.45) is 0. The van der Waals surface area contributed by atoms with Gasteiger partial charge in [-0.3, -0.25) is 14.6 Å². The van der Waals surface area contributed by atoms with Crippen LogP contribution in [0.4, 0.5) is 0 Å². The molecule has 0 fully saturated rings. The number of nitrogens with zero attached hydrogens (tertiary/aromatic N) is 2. The summed E-state index contributed by atoms with van der Waals surface area (Å²) in [5.41, 5.74) is 1.67. The molecule has 7 heteroatoms. The Bertz CT molecular complexity index is 582. The van der Waals surface area contributed by atoms with Crippen LogP contribution in [0, 0.1) is 5.92 Å². The summed E-state index contributed by atoms with van der Waals surface area (Å²) in [5, 5.41) is 6.24. The summed E-state index contributed by atoms with van der Waals surface area (Å²) in [4.78, 5) is 28.9. The zero-order chi connectivity index (χ0) is 18.1. The smallest absolute Gasteiger partial charge is 0.310 e. The molecular weight excluding hydrogens is 308 g/mol. The fourth-order valence-corrected chi connectivity index (χ4v) is 1.96. The van der Waals surface area contributed by atoms with Crippen LogP contribution in [0.1, 0.15) is 22.8 Å². The summed E-state index contributed by atoms with van der Waals surface area (Å²) >= 11 is 0. The number of amides is 1. The molecule has 0 aliphatic heterocycles. The second-order valence-corrected chi connectivity index (χ2v) is 5.63. The second-order valence-electron chi connectivity index (χ2n) is 5.63. The number of hydrogen-bond donors (Lipinski definition) is 2. The van der Waals surface area contributed by atoms with Gasteiger partial charge in [-0.05, 0) is 17.7 Å². The Labute approximate surface area is 143 Å². The van der Waals surface area contributed by atoms with Crippen molar-refractivity contribution in [2.24, 2.45) is 10.9 Å². The Balaban J connectivity index is 2.52. The Morgan fingerprint density at radius 2 is 1.83 bits per heavy atom. The van der Waals surface area contributed by atoms with Crippen molar-refractivity contribution in [1.29, 1.82) is 0 Å². The third-order valence-corrected chi connectivity index (χ3v) is 3.47. The molecule has 0 heterocycles. The highest BCUT2D eigenvalue weighted by Crippen LogP contribution is 2.06. The molecule has 0 saturated heterocycles. The first-order valence-corrected chi connectivity index (χ1v) is 7.72. The molecule has 132 valence electrons. The maximum Gasteiger partial charge on any atom is 0.310 e. The number of esters is 1. The molecule has 0 aromatic heterocycles. The average Bonchev–Trinajstić information content (AvgIpc) is 2.60. The minimum absolute atomic E-state index is 0.0243. The molecule has 1 amide bonds. The van der Waals surface area contributed by atoms with Gasteiger partial charge in [-0.2, -0.15) is 0 Å². The Morgan fingerprint density at radius 1 is 1.21 bits per heavy atom. The number of guanidine groups is 1. The predicted octanol–water partition coefficient (Wildman–Crippen LogP) is 0.863. The molecule has 2 N–H and O–H groups in total. The van der Waals surface area contributed by atoms with Crippen molar-refractivity contribution in [3.8, 4) is 0 Å². The largest absolute Gasteiger partial charge is 0.469 e. The van der Waals surface area contributed by atoms with E-state index in [4.69, 9.17) is 0 Å². The predicted molar refractivity (Wildman–Crippen MR) is 93.8 cm³/mol. The van der Waals surface area contributed by atoms with E-state index in [0.717, 1.165) is 5.56 Å². The van der Waals surface area contributed by atoms with E-state index >= 15 is 0 Å². The minimum atomic E-state index is -0.265. The fourth-order valence-electron chi connectivity index (χ4n) is 1.96. The first-order chi connectivity index (χ1) is 11.4. The molecular formula is C17H26N4O3. The molecule has 1 aromatic rings. The van der Waals surface area contributed by atoms with E-state index < -0.39 is 0 Å². The molecule has 0 aliphatic rings. The third kappa shape index (κ3) is 5.91. The van der Waals surface area contributed by atoms with Crippen LogP contribution in [-0.2, 0) is 16.1 Å².